The van der Waals surface area contributed by atoms with Crippen LogP contribution in [0.5, 0.6) is 0 Å². The predicted molar refractivity (Wildman–Crippen MR) is 74.9 cm³/mol. The van der Waals surface area contributed by atoms with Crippen molar-refractivity contribution < 1.29 is 13.9 Å². The molecule has 1 atom stereocenters. The number of rotatable bonds is 4. The molecular formula is C13H14FN5O2. The largest absolute Gasteiger partial charge is 0.444 e. The number of carbonyl (C=O) groups excluding carboxylic acids is 1. The van der Waals surface area contributed by atoms with Gasteiger partial charge in [-0.2, -0.15) is 0 Å². The summed E-state index contributed by atoms with van der Waals surface area (Å²) in [6.45, 7) is 2.04. The minimum absolute atomic E-state index is 0.0765. The molecule has 0 N–H and O–H groups in total. The highest BCUT2D eigenvalue weighted by molar-refractivity contribution is 5.90. The molecule has 2 saturated heterocycles. The van der Waals surface area contributed by atoms with Crippen LogP contribution in [0.1, 0.15) is 6.42 Å². The van der Waals surface area contributed by atoms with Crippen molar-refractivity contribution in [2.45, 2.75) is 12.5 Å². The Balaban J connectivity index is 1.76. The Kier molecular flexibility index (Phi) is 3.53. The van der Waals surface area contributed by atoms with Gasteiger partial charge in [-0.15, -0.1) is 0 Å². The summed E-state index contributed by atoms with van der Waals surface area (Å²) < 4.78 is 19.2. The van der Waals surface area contributed by atoms with Crippen molar-refractivity contribution in [3.63, 3.8) is 0 Å². The lowest BCUT2D eigenvalue weighted by molar-refractivity contribution is 0.145. The van der Waals surface area contributed by atoms with Gasteiger partial charge < -0.3 is 9.64 Å². The lowest BCUT2D eigenvalue weighted by atomic mass is 10.1. The zero-order chi connectivity index (χ0) is 14.8. The molecule has 2 aliphatic rings. The third-order valence-electron chi connectivity index (χ3n) is 3.66. The van der Waals surface area contributed by atoms with E-state index in [1.54, 1.807) is 12.1 Å². The first-order chi connectivity index (χ1) is 10.2. The molecule has 21 heavy (non-hydrogen) atoms. The molecule has 3 rings (SSSR count). The van der Waals surface area contributed by atoms with Gasteiger partial charge in [0.1, 0.15) is 11.9 Å². The molecule has 0 spiro atoms. The van der Waals surface area contributed by atoms with Crippen LogP contribution in [0.2, 0.25) is 0 Å². The molecular weight excluding hydrogens is 277 g/mol. The zero-order valence-electron chi connectivity index (χ0n) is 11.3. The van der Waals surface area contributed by atoms with E-state index >= 15 is 0 Å². The second-order valence-corrected chi connectivity index (χ2v) is 5.01. The predicted octanol–water partition coefficient (Wildman–Crippen LogP) is 2.67. The van der Waals surface area contributed by atoms with E-state index in [0.717, 1.165) is 19.5 Å². The number of benzene rings is 1. The summed E-state index contributed by atoms with van der Waals surface area (Å²) in [7, 11) is 0. The summed E-state index contributed by atoms with van der Waals surface area (Å²) in [6.07, 6.45) is 0.0246. The highest BCUT2D eigenvalue weighted by Crippen LogP contribution is 2.29. The number of amides is 1. The lowest BCUT2D eigenvalue weighted by Crippen LogP contribution is -2.37. The van der Waals surface area contributed by atoms with E-state index in [0.29, 0.717) is 11.4 Å². The van der Waals surface area contributed by atoms with Crippen LogP contribution in [-0.4, -0.2) is 38.4 Å². The van der Waals surface area contributed by atoms with Crippen molar-refractivity contribution in [2.24, 2.45) is 5.11 Å². The van der Waals surface area contributed by atoms with Crippen molar-refractivity contribution in [2.75, 3.05) is 36.0 Å². The Labute approximate surface area is 120 Å². The van der Waals surface area contributed by atoms with Gasteiger partial charge >= 0.3 is 6.09 Å². The van der Waals surface area contributed by atoms with Crippen LogP contribution in [0.25, 0.3) is 10.4 Å². The number of hydrogen-bond acceptors (Lipinski definition) is 4. The summed E-state index contributed by atoms with van der Waals surface area (Å²) in [4.78, 5) is 17.7. The fourth-order valence-corrected chi connectivity index (χ4v) is 2.43. The minimum Gasteiger partial charge on any atom is -0.444 e. The molecule has 0 bridgehead atoms. The number of cyclic esters (lactones) is 1. The Bertz CT molecular complexity index is 613. The van der Waals surface area contributed by atoms with Crippen molar-refractivity contribution in [3.8, 4) is 0 Å². The lowest BCUT2D eigenvalue weighted by Gasteiger charge is -2.33. The van der Waals surface area contributed by atoms with Gasteiger partial charge in [0.25, 0.3) is 0 Å². The van der Waals surface area contributed by atoms with Crippen LogP contribution in [0, 0.1) is 5.82 Å². The van der Waals surface area contributed by atoms with Gasteiger partial charge in [-0.25, -0.2) is 9.18 Å². The van der Waals surface area contributed by atoms with Gasteiger partial charge in [-0.05, 0) is 30.2 Å². The van der Waals surface area contributed by atoms with Crippen LogP contribution >= 0.6 is 0 Å². The van der Waals surface area contributed by atoms with E-state index in [4.69, 9.17) is 10.3 Å². The number of azide groups is 1. The third kappa shape index (κ3) is 2.57. The van der Waals surface area contributed by atoms with Crippen LogP contribution in [-0.2, 0) is 4.74 Å². The SMILES string of the molecule is [N-]=[N+]=NC[C@H]1CN(c2ccc(N3CCC3)c(F)c2)C(=O)O1. The summed E-state index contributed by atoms with van der Waals surface area (Å²) in [5.74, 6) is -0.349. The molecule has 0 radical (unpaired) electrons. The van der Waals surface area contributed by atoms with E-state index < -0.39 is 12.2 Å². The first-order valence-corrected chi connectivity index (χ1v) is 6.72. The fourth-order valence-electron chi connectivity index (χ4n) is 2.43. The number of hydrogen-bond donors (Lipinski definition) is 0. The third-order valence-corrected chi connectivity index (χ3v) is 3.66. The average Bonchev–Trinajstić information content (AvgIpc) is 2.78. The maximum absolute atomic E-state index is 14.1. The topological polar surface area (TPSA) is 81.5 Å². The second-order valence-electron chi connectivity index (χ2n) is 5.01. The smallest absolute Gasteiger partial charge is 0.414 e. The summed E-state index contributed by atoms with van der Waals surface area (Å²) >= 11 is 0. The standard InChI is InChI=1S/C13H14FN5O2/c14-11-6-9(2-3-12(11)18-4-1-5-18)19-8-10(7-16-17-15)21-13(19)20/h2-3,6,10H,1,4-5,7-8H2/t10-/m0/s1. The Hall–Kier alpha value is -2.47. The molecule has 0 aromatic heterocycles. The van der Waals surface area contributed by atoms with E-state index in [1.807, 2.05) is 4.90 Å². The Morgan fingerprint density at radius 2 is 2.29 bits per heavy atom. The van der Waals surface area contributed by atoms with Crippen molar-refractivity contribution in [1.29, 1.82) is 0 Å². The maximum atomic E-state index is 14.1. The van der Waals surface area contributed by atoms with E-state index in [2.05, 4.69) is 10.0 Å². The van der Waals surface area contributed by atoms with Crippen LogP contribution in [0.4, 0.5) is 20.6 Å². The van der Waals surface area contributed by atoms with Crippen molar-refractivity contribution in [1.82, 2.24) is 0 Å². The number of carbonyl (C=O) groups is 1. The quantitative estimate of drug-likeness (QED) is 0.486. The average molecular weight is 291 g/mol. The van der Waals surface area contributed by atoms with Gasteiger partial charge in [-0.3, -0.25) is 4.90 Å². The van der Waals surface area contributed by atoms with Gasteiger partial charge in [0.2, 0.25) is 0 Å². The zero-order valence-corrected chi connectivity index (χ0v) is 11.3. The fraction of sp³-hybridized carbons (Fsp3) is 0.462. The van der Waals surface area contributed by atoms with Crippen molar-refractivity contribution in [3.05, 3.63) is 34.5 Å². The number of ether oxygens (including phenoxy) is 1. The van der Waals surface area contributed by atoms with Crippen LogP contribution in [0.15, 0.2) is 23.3 Å². The molecule has 2 heterocycles. The van der Waals surface area contributed by atoms with Crippen LogP contribution < -0.4 is 9.80 Å². The monoisotopic (exact) mass is 291 g/mol. The van der Waals surface area contributed by atoms with Gasteiger partial charge in [0, 0.05) is 18.0 Å². The molecule has 110 valence electrons. The molecule has 1 aromatic carbocycles. The minimum atomic E-state index is -0.552. The van der Waals surface area contributed by atoms with Gasteiger partial charge in [0.05, 0.1) is 24.5 Å². The molecule has 0 unspecified atom stereocenters. The summed E-state index contributed by atoms with van der Waals surface area (Å²) in [5, 5.41) is 3.39. The molecule has 1 aromatic rings. The molecule has 2 aliphatic heterocycles. The highest BCUT2D eigenvalue weighted by Gasteiger charge is 2.32. The van der Waals surface area contributed by atoms with Crippen molar-refractivity contribution >= 4 is 17.5 Å². The Morgan fingerprint density at radius 1 is 1.48 bits per heavy atom. The number of nitrogens with zero attached hydrogens (tertiary/aromatic N) is 5. The summed E-state index contributed by atoms with van der Waals surface area (Å²) in [5.41, 5.74) is 9.28. The van der Waals surface area contributed by atoms with Gasteiger partial charge in [0.15, 0.2) is 0 Å². The van der Waals surface area contributed by atoms with Crippen LogP contribution in [0.3, 0.4) is 0 Å². The molecule has 1 amide bonds. The molecule has 0 aliphatic carbocycles. The molecule has 7 nitrogen and oxygen atoms in total. The first kappa shape index (κ1) is 13.5. The van der Waals surface area contributed by atoms with E-state index in [9.17, 15) is 9.18 Å². The van der Waals surface area contributed by atoms with E-state index in [1.165, 1.54) is 11.0 Å². The number of halogens is 1. The van der Waals surface area contributed by atoms with E-state index in [-0.39, 0.29) is 18.9 Å². The summed E-state index contributed by atoms with van der Waals surface area (Å²) in [6, 6.07) is 4.72. The van der Waals surface area contributed by atoms with Gasteiger partial charge in [-0.1, -0.05) is 5.11 Å². The molecule has 8 heteroatoms. The first-order valence-electron chi connectivity index (χ1n) is 6.72. The normalized spacial score (nSPS) is 20.8. The molecule has 0 saturated carbocycles. The second kappa shape index (κ2) is 5.49. The Morgan fingerprint density at radius 3 is 2.90 bits per heavy atom. The highest BCUT2D eigenvalue weighted by atomic mass is 19.1. The molecule has 2 fully saturated rings. The number of anilines is 2. The maximum Gasteiger partial charge on any atom is 0.414 e.